The first-order chi connectivity index (χ1) is 21.7. The standard InChI is InChI=1S/C27H27N11O6S2/c1-17-30-32-34-36(17)28-15-19-8-10-25(39)23(12-19)27(21-6-5-7-22(14-21)38(45(3,41)42)46(4,43)44)24-13-20(9-11-26(24)40)16-29-37-18(2)31-33-35-37/h5,7-16,39-40H,6H2,1-4H3/b28-15+,29-16+. The third kappa shape index (κ3) is 6.89. The van der Waals surface area contributed by atoms with Crippen LogP contribution in [-0.2, 0) is 20.0 Å². The molecule has 0 spiro atoms. The molecule has 5 rings (SSSR count). The fraction of sp³-hybridized carbons (Fsp3) is 0.185. The highest BCUT2D eigenvalue weighted by atomic mass is 32.3. The molecule has 0 amide bonds. The molecule has 0 aliphatic heterocycles. The summed E-state index contributed by atoms with van der Waals surface area (Å²) in [5.74, 6) is 0.500. The highest BCUT2D eigenvalue weighted by molar-refractivity contribution is 8.03. The van der Waals surface area contributed by atoms with Gasteiger partial charge in [0, 0.05) is 11.1 Å². The monoisotopic (exact) mass is 665 g/mol. The zero-order valence-electron chi connectivity index (χ0n) is 24.8. The smallest absolute Gasteiger partial charge is 0.245 e. The summed E-state index contributed by atoms with van der Waals surface area (Å²) in [6.07, 6.45) is 9.01. The van der Waals surface area contributed by atoms with Crippen LogP contribution in [0.1, 0.15) is 40.3 Å². The first-order valence-electron chi connectivity index (χ1n) is 13.3. The van der Waals surface area contributed by atoms with E-state index in [2.05, 4.69) is 41.3 Å². The minimum atomic E-state index is -4.26. The van der Waals surface area contributed by atoms with Crippen molar-refractivity contribution >= 4 is 38.0 Å². The van der Waals surface area contributed by atoms with Crippen LogP contribution >= 0.6 is 0 Å². The van der Waals surface area contributed by atoms with Gasteiger partial charge in [-0.3, -0.25) is 0 Å². The van der Waals surface area contributed by atoms with Crippen LogP contribution in [-0.4, -0.2) is 96.3 Å². The highest BCUT2D eigenvalue weighted by Crippen LogP contribution is 2.41. The maximum absolute atomic E-state index is 12.6. The molecule has 0 saturated carbocycles. The zero-order chi connectivity index (χ0) is 33.2. The first-order valence-corrected chi connectivity index (χ1v) is 17.0. The Kier molecular flexibility index (Phi) is 8.62. The molecule has 4 aromatic rings. The number of aromatic nitrogens is 8. The Bertz CT molecular complexity index is 2060. The molecule has 238 valence electrons. The van der Waals surface area contributed by atoms with Crippen LogP contribution in [0.25, 0.3) is 5.57 Å². The molecule has 2 heterocycles. The van der Waals surface area contributed by atoms with E-state index in [1.807, 2.05) is 0 Å². The molecule has 2 aromatic carbocycles. The van der Waals surface area contributed by atoms with E-state index in [1.165, 1.54) is 46.3 Å². The van der Waals surface area contributed by atoms with Crippen molar-refractivity contribution in [2.24, 2.45) is 10.2 Å². The number of allylic oxidation sites excluding steroid dienone is 4. The van der Waals surface area contributed by atoms with E-state index in [9.17, 15) is 27.0 Å². The number of hydrogen-bond acceptors (Lipinski definition) is 14. The van der Waals surface area contributed by atoms with Crippen molar-refractivity contribution in [1.29, 1.82) is 0 Å². The third-order valence-electron chi connectivity index (χ3n) is 6.50. The van der Waals surface area contributed by atoms with Gasteiger partial charge in [-0.25, -0.2) is 16.8 Å². The quantitative estimate of drug-likeness (QED) is 0.242. The molecular formula is C27H27N11O6S2. The van der Waals surface area contributed by atoms with E-state index in [0.29, 0.717) is 32.1 Å². The number of tetrazole rings is 2. The number of sulfonamides is 2. The average Bonchev–Trinajstić information content (AvgIpc) is 3.59. The summed E-state index contributed by atoms with van der Waals surface area (Å²) in [6.45, 7) is 3.33. The minimum Gasteiger partial charge on any atom is -0.507 e. The summed E-state index contributed by atoms with van der Waals surface area (Å²) in [4.78, 5) is 2.41. The third-order valence-corrected chi connectivity index (χ3v) is 9.75. The summed E-state index contributed by atoms with van der Waals surface area (Å²) in [7, 11) is -8.53. The molecule has 0 saturated heterocycles. The molecule has 0 fully saturated rings. The van der Waals surface area contributed by atoms with Gasteiger partial charge in [-0.15, -0.1) is 19.8 Å². The van der Waals surface area contributed by atoms with Crippen molar-refractivity contribution in [3.63, 3.8) is 0 Å². The van der Waals surface area contributed by atoms with E-state index >= 15 is 0 Å². The van der Waals surface area contributed by atoms with Gasteiger partial charge in [0.2, 0.25) is 20.0 Å². The number of benzene rings is 2. The zero-order valence-corrected chi connectivity index (χ0v) is 26.5. The van der Waals surface area contributed by atoms with Crippen molar-refractivity contribution in [1.82, 2.24) is 44.3 Å². The largest absolute Gasteiger partial charge is 0.507 e. The lowest BCUT2D eigenvalue weighted by molar-refractivity contribution is 0.471. The maximum atomic E-state index is 12.6. The van der Waals surface area contributed by atoms with Gasteiger partial charge >= 0.3 is 0 Å². The van der Waals surface area contributed by atoms with Crippen LogP contribution in [0.3, 0.4) is 0 Å². The Hall–Kier alpha value is -5.56. The molecule has 19 heteroatoms. The van der Waals surface area contributed by atoms with Crippen LogP contribution in [0.2, 0.25) is 0 Å². The van der Waals surface area contributed by atoms with Gasteiger partial charge in [0.15, 0.2) is 11.6 Å². The van der Waals surface area contributed by atoms with Crippen LogP contribution in [0.15, 0.2) is 76.1 Å². The number of nitrogens with zero attached hydrogens (tertiary/aromatic N) is 11. The second-order valence-corrected chi connectivity index (χ2v) is 14.0. The summed E-state index contributed by atoms with van der Waals surface area (Å²) in [5, 5.41) is 53.0. The molecule has 1 aliphatic carbocycles. The molecule has 0 unspecified atom stereocenters. The lowest BCUT2D eigenvalue weighted by Crippen LogP contribution is -2.34. The highest BCUT2D eigenvalue weighted by Gasteiger charge is 2.30. The number of rotatable bonds is 9. The van der Waals surface area contributed by atoms with Gasteiger partial charge in [0.1, 0.15) is 11.5 Å². The van der Waals surface area contributed by atoms with Gasteiger partial charge in [-0.1, -0.05) is 6.08 Å². The topological polar surface area (TPSA) is 224 Å². The SMILES string of the molecule is Cc1nnnn1/N=C/c1ccc(O)c(C(=C2C=C(N(S(C)(=O)=O)S(C)(=O)=O)C=CC2)c2cc(/C=N/n3nnnc3C)ccc2O)c1. The number of phenols is 2. The number of aryl methyl sites for hydroxylation is 2. The van der Waals surface area contributed by atoms with Crippen molar-refractivity contribution in [2.75, 3.05) is 12.5 Å². The molecule has 2 aromatic heterocycles. The van der Waals surface area contributed by atoms with E-state index in [0.717, 1.165) is 12.5 Å². The van der Waals surface area contributed by atoms with Crippen LogP contribution in [0.4, 0.5) is 0 Å². The fourth-order valence-corrected chi connectivity index (χ4v) is 7.54. The van der Waals surface area contributed by atoms with Gasteiger partial charge < -0.3 is 10.2 Å². The summed E-state index contributed by atoms with van der Waals surface area (Å²) < 4.78 is 50.7. The molecule has 17 nitrogen and oxygen atoms in total. The molecule has 1 aliphatic rings. The van der Waals surface area contributed by atoms with E-state index in [4.69, 9.17) is 0 Å². The lowest BCUT2D eigenvalue weighted by Gasteiger charge is -2.24. The summed E-state index contributed by atoms with van der Waals surface area (Å²) >= 11 is 0. The van der Waals surface area contributed by atoms with E-state index in [-0.39, 0.29) is 40.3 Å². The second kappa shape index (κ2) is 12.4. The van der Waals surface area contributed by atoms with Crippen molar-refractivity contribution in [3.8, 4) is 11.5 Å². The molecule has 0 bridgehead atoms. The minimum absolute atomic E-state index is 0.151. The van der Waals surface area contributed by atoms with Gasteiger partial charge in [0.25, 0.3) is 0 Å². The Labute approximate surface area is 263 Å². The average molecular weight is 666 g/mol. The van der Waals surface area contributed by atoms with Crippen molar-refractivity contribution in [2.45, 2.75) is 20.3 Å². The predicted molar refractivity (Wildman–Crippen MR) is 167 cm³/mol. The van der Waals surface area contributed by atoms with Crippen LogP contribution < -0.4 is 0 Å². The van der Waals surface area contributed by atoms with Gasteiger partial charge in [-0.2, -0.15) is 13.9 Å². The van der Waals surface area contributed by atoms with E-state index < -0.39 is 20.0 Å². The summed E-state index contributed by atoms with van der Waals surface area (Å²) in [5.41, 5.74) is 1.99. The number of aromatic hydroxyl groups is 2. The molecule has 0 radical (unpaired) electrons. The second-order valence-electron chi connectivity index (χ2n) is 10.1. The van der Waals surface area contributed by atoms with Crippen LogP contribution in [0.5, 0.6) is 11.5 Å². The fourth-order valence-electron chi connectivity index (χ4n) is 4.58. The van der Waals surface area contributed by atoms with Crippen LogP contribution in [0, 0.1) is 13.8 Å². The first kappa shape index (κ1) is 31.9. The molecule has 2 N–H and O–H groups in total. The maximum Gasteiger partial charge on any atom is 0.245 e. The predicted octanol–water partition coefficient (Wildman–Crippen LogP) is 1.32. The Morgan fingerprint density at radius 1 is 0.826 bits per heavy atom. The molecular weight excluding hydrogens is 639 g/mol. The Morgan fingerprint density at radius 2 is 1.30 bits per heavy atom. The van der Waals surface area contributed by atoms with Gasteiger partial charge in [0.05, 0.1) is 30.6 Å². The normalized spacial score (nSPS) is 13.9. The van der Waals surface area contributed by atoms with Gasteiger partial charge in [-0.05, 0) is 112 Å². The van der Waals surface area contributed by atoms with Crippen molar-refractivity contribution < 1.29 is 27.0 Å². The molecule has 0 atom stereocenters. The molecule has 46 heavy (non-hydrogen) atoms. The lowest BCUT2D eigenvalue weighted by atomic mass is 9.87. The number of phenolic OH excluding ortho intramolecular Hbond substituents is 2. The Balaban J connectivity index is 1.74. The van der Waals surface area contributed by atoms with E-state index in [1.54, 1.807) is 44.2 Å². The number of hydrogen-bond donors (Lipinski definition) is 2. The summed E-state index contributed by atoms with van der Waals surface area (Å²) in [6, 6.07) is 9.24. The Morgan fingerprint density at radius 3 is 1.72 bits per heavy atom. The van der Waals surface area contributed by atoms with Crippen molar-refractivity contribution in [3.05, 3.63) is 99.8 Å².